The largest absolute Gasteiger partial charge is 0.573 e. The van der Waals surface area contributed by atoms with Crippen molar-refractivity contribution in [1.82, 2.24) is 9.88 Å². The number of hydrogen-bond donors (Lipinski definition) is 1. The molecule has 254 valence electrons. The van der Waals surface area contributed by atoms with E-state index < -0.39 is 24.0 Å². The third-order valence-electron chi connectivity index (χ3n) is 9.15. The lowest BCUT2D eigenvalue weighted by atomic mass is 9.81. The molecule has 0 saturated carbocycles. The number of hydrogen-bond acceptors (Lipinski definition) is 6. The highest BCUT2D eigenvalue weighted by Gasteiger charge is 2.37. The molecule has 0 radical (unpaired) electrons. The molecule has 0 bridgehead atoms. The zero-order valence-corrected chi connectivity index (χ0v) is 28.4. The summed E-state index contributed by atoms with van der Waals surface area (Å²) in [6.45, 7) is 17.1. The lowest BCUT2D eigenvalue weighted by Crippen LogP contribution is -2.39. The lowest BCUT2D eigenvalue weighted by Gasteiger charge is -2.41. The molecular weight excluding hydrogens is 607 g/mol. The summed E-state index contributed by atoms with van der Waals surface area (Å²) in [5, 5.41) is 10.5. The highest BCUT2D eigenvalue weighted by Crippen LogP contribution is 2.45. The molecule has 3 heterocycles. The van der Waals surface area contributed by atoms with E-state index in [1.165, 1.54) is 12.1 Å². The van der Waals surface area contributed by atoms with Crippen molar-refractivity contribution in [3.8, 4) is 16.9 Å². The highest BCUT2D eigenvalue weighted by atomic mass is 19.4. The molecule has 1 aromatic heterocycles. The van der Waals surface area contributed by atoms with Crippen molar-refractivity contribution in [1.29, 1.82) is 0 Å². The molecule has 1 atom stereocenters. The molecule has 0 unspecified atom stereocenters. The maximum absolute atomic E-state index is 13.0. The number of carbonyl (C=O) groups is 1. The number of fused-ring (bicyclic) bond motifs is 1. The van der Waals surface area contributed by atoms with Crippen molar-refractivity contribution < 1.29 is 32.5 Å². The summed E-state index contributed by atoms with van der Waals surface area (Å²) in [4.78, 5) is 22.2. The van der Waals surface area contributed by atoms with Crippen LogP contribution < -0.4 is 9.64 Å². The number of carboxylic acids is 1. The molecule has 1 fully saturated rings. The molecule has 5 rings (SSSR count). The number of nitrogens with zero attached hydrogens (tertiary/aromatic N) is 3. The van der Waals surface area contributed by atoms with Crippen LogP contribution in [0.2, 0.25) is 0 Å². The van der Waals surface area contributed by atoms with Gasteiger partial charge < -0.3 is 19.5 Å². The summed E-state index contributed by atoms with van der Waals surface area (Å²) in [6, 6.07) is 12.6. The van der Waals surface area contributed by atoms with Gasteiger partial charge in [-0.2, -0.15) is 0 Å². The summed E-state index contributed by atoms with van der Waals surface area (Å²) in [6.07, 6.45) is -3.28. The van der Waals surface area contributed by atoms with Crippen LogP contribution in [0.25, 0.3) is 11.1 Å². The van der Waals surface area contributed by atoms with Gasteiger partial charge in [-0.15, -0.1) is 13.2 Å². The van der Waals surface area contributed by atoms with Crippen molar-refractivity contribution >= 4 is 11.7 Å². The molecule has 1 N–H and O–H groups in total. The van der Waals surface area contributed by atoms with E-state index >= 15 is 0 Å². The van der Waals surface area contributed by atoms with E-state index in [0.717, 1.165) is 66.0 Å². The molecule has 3 aromatic rings. The second kappa shape index (κ2) is 13.1. The SMILES string of the molecule is Cc1nc(C)c([C@H](OC(C)(C)C)C(=O)O)c(N2CCC(C)(C)CC2)c1-c1ccc2c(c1)CCN(Cc1ccccc1OC(F)(F)F)C2. The molecule has 47 heavy (non-hydrogen) atoms. The highest BCUT2D eigenvalue weighted by molar-refractivity contribution is 5.88. The van der Waals surface area contributed by atoms with E-state index in [1.54, 1.807) is 12.1 Å². The number of alkyl halides is 3. The predicted molar refractivity (Wildman–Crippen MR) is 177 cm³/mol. The van der Waals surface area contributed by atoms with E-state index in [1.807, 2.05) is 34.6 Å². The van der Waals surface area contributed by atoms with Gasteiger partial charge in [-0.05, 0) is 82.1 Å². The van der Waals surface area contributed by atoms with E-state index in [9.17, 15) is 23.1 Å². The number of pyridine rings is 1. The topological polar surface area (TPSA) is 75.1 Å². The number of carboxylic acid groups (broad SMARTS) is 1. The van der Waals surface area contributed by atoms with Crippen molar-refractivity contribution in [3.05, 3.63) is 76.1 Å². The van der Waals surface area contributed by atoms with Crippen molar-refractivity contribution in [2.45, 2.75) is 98.9 Å². The Morgan fingerprint density at radius 3 is 2.32 bits per heavy atom. The normalized spacial score (nSPS) is 17.7. The minimum atomic E-state index is -4.75. The number of ether oxygens (including phenoxy) is 2. The van der Waals surface area contributed by atoms with Crippen LogP contribution >= 0.6 is 0 Å². The number of para-hydroxylation sites is 1. The summed E-state index contributed by atoms with van der Waals surface area (Å²) in [5.41, 5.74) is 7.06. The molecule has 2 aromatic carbocycles. The fraction of sp³-hybridized carbons (Fsp3) is 0.514. The average Bonchev–Trinajstić information content (AvgIpc) is 2.95. The Balaban J connectivity index is 1.53. The Bertz CT molecular complexity index is 1620. The first-order valence-corrected chi connectivity index (χ1v) is 16.3. The number of anilines is 1. The first-order valence-electron chi connectivity index (χ1n) is 16.3. The minimum absolute atomic E-state index is 0.178. The van der Waals surface area contributed by atoms with Gasteiger partial charge in [-0.3, -0.25) is 9.88 Å². The van der Waals surface area contributed by atoms with E-state index in [-0.39, 0.29) is 11.2 Å². The maximum atomic E-state index is 13.0. The van der Waals surface area contributed by atoms with Gasteiger partial charge in [0.05, 0.1) is 11.3 Å². The molecule has 10 heteroatoms. The second-order valence-corrected chi connectivity index (χ2v) is 14.6. The number of rotatable bonds is 8. The molecule has 7 nitrogen and oxygen atoms in total. The quantitative estimate of drug-likeness (QED) is 0.262. The smallest absolute Gasteiger partial charge is 0.479 e. The van der Waals surface area contributed by atoms with E-state index in [2.05, 4.69) is 46.6 Å². The standard InChI is InChI=1S/C37H46F3N3O4/c1-23-30(32(43-18-15-36(6,7)16-19-43)31(24(2)41-23)33(34(44)45)47-35(3,4)5)26-12-13-27-21-42(17-14-25(27)20-26)22-28-10-8-9-11-29(28)46-37(38,39)40/h8-13,20,33H,14-19,21-22H2,1-7H3,(H,44,45)/t33-/m0/s1. The Labute approximate surface area is 275 Å². The van der Waals surface area contributed by atoms with Gasteiger partial charge in [-0.1, -0.05) is 50.2 Å². The Kier molecular flexibility index (Phi) is 9.68. The van der Waals surface area contributed by atoms with Crippen LogP contribution in [0.4, 0.5) is 18.9 Å². The van der Waals surface area contributed by atoms with Crippen LogP contribution in [0.15, 0.2) is 42.5 Å². The first-order chi connectivity index (χ1) is 21.9. The molecule has 0 spiro atoms. The summed E-state index contributed by atoms with van der Waals surface area (Å²) in [7, 11) is 0. The first kappa shape index (κ1) is 34.7. The fourth-order valence-corrected chi connectivity index (χ4v) is 6.76. The maximum Gasteiger partial charge on any atom is 0.573 e. The summed E-state index contributed by atoms with van der Waals surface area (Å²) < 4.78 is 49.5. The number of aryl methyl sites for hydroxylation is 2. The fourth-order valence-electron chi connectivity index (χ4n) is 6.76. The van der Waals surface area contributed by atoms with Gasteiger partial charge in [0.1, 0.15) is 5.75 Å². The second-order valence-electron chi connectivity index (χ2n) is 14.6. The Morgan fingerprint density at radius 2 is 1.68 bits per heavy atom. The van der Waals surface area contributed by atoms with Crippen molar-refractivity contribution in [2.75, 3.05) is 24.5 Å². The summed E-state index contributed by atoms with van der Waals surface area (Å²) >= 11 is 0. The van der Waals surface area contributed by atoms with E-state index in [0.29, 0.717) is 36.5 Å². The number of piperidine rings is 1. The summed E-state index contributed by atoms with van der Waals surface area (Å²) in [5.74, 6) is -1.23. The van der Waals surface area contributed by atoms with Crippen LogP contribution in [0.5, 0.6) is 5.75 Å². The monoisotopic (exact) mass is 653 g/mol. The zero-order valence-electron chi connectivity index (χ0n) is 28.4. The van der Waals surface area contributed by atoms with Gasteiger partial charge in [0.25, 0.3) is 0 Å². The Hall–Kier alpha value is -3.63. The predicted octanol–water partition coefficient (Wildman–Crippen LogP) is 8.39. The Morgan fingerprint density at radius 1 is 1.00 bits per heavy atom. The van der Waals surface area contributed by atoms with Gasteiger partial charge >= 0.3 is 12.3 Å². The minimum Gasteiger partial charge on any atom is -0.479 e. The number of aromatic nitrogens is 1. The third kappa shape index (κ3) is 8.27. The van der Waals surface area contributed by atoms with Gasteiger partial charge in [0, 0.05) is 60.8 Å². The molecule has 2 aliphatic rings. The third-order valence-corrected chi connectivity index (χ3v) is 9.15. The van der Waals surface area contributed by atoms with Crippen LogP contribution in [-0.2, 0) is 29.0 Å². The van der Waals surface area contributed by atoms with Crippen LogP contribution in [-0.4, -0.2) is 52.6 Å². The van der Waals surface area contributed by atoms with Gasteiger partial charge in [0.15, 0.2) is 6.10 Å². The van der Waals surface area contributed by atoms with Crippen molar-refractivity contribution in [2.24, 2.45) is 5.41 Å². The number of benzene rings is 2. The number of aliphatic carboxylic acids is 1. The molecule has 0 aliphatic carbocycles. The average molecular weight is 654 g/mol. The van der Waals surface area contributed by atoms with Crippen LogP contribution in [0, 0.1) is 19.3 Å². The number of halogens is 3. The van der Waals surface area contributed by atoms with Crippen LogP contribution in [0.1, 0.15) is 87.2 Å². The van der Waals surface area contributed by atoms with E-state index in [4.69, 9.17) is 9.72 Å². The molecule has 1 saturated heterocycles. The van der Waals surface area contributed by atoms with Gasteiger partial charge in [-0.25, -0.2) is 4.79 Å². The van der Waals surface area contributed by atoms with Gasteiger partial charge in [0.2, 0.25) is 0 Å². The molecule has 2 aliphatic heterocycles. The van der Waals surface area contributed by atoms with Crippen LogP contribution in [0.3, 0.4) is 0 Å². The van der Waals surface area contributed by atoms with Crippen molar-refractivity contribution in [3.63, 3.8) is 0 Å². The molecular formula is C37H46F3N3O4. The zero-order chi connectivity index (χ0) is 34.3. The lowest BCUT2D eigenvalue weighted by molar-refractivity contribution is -0.275. The molecule has 0 amide bonds.